The average Bonchev–Trinajstić information content (AvgIpc) is 2.66. The largest absolute Gasteiger partial charge is 3.00 e. The van der Waals surface area contributed by atoms with Crippen molar-refractivity contribution < 1.29 is 125 Å². The Bertz CT molecular complexity index is 476. The Kier molecular flexibility index (Phi) is 43.4. The van der Waals surface area contributed by atoms with Gasteiger partial charge in [-0.3, -0.25) is 0 Å². The van der Waals surface area contributed by atoms with E-state index in [9.17, 15) is 43.1 Å². The minimum absolute atomic E-state index is 0. The van der Waals surface area contributed by atoms with Gasteiger partial charge in [0.25, 0.3) is 0 Å². The van der Waals surface area contributed by atoms with Gasteiger partial charge in [0.15, 0.2) is 0 Å². The maximum atomic E-state index is 10.1. The van der Waals surface area contributed by atoms with Gasteiger partial charge in [0.1, 0.15) is 0 Å². The molecule has 0 aliphatic heterocycles. The zero-order valence-corrected chi connectivity index (χ0v) is 30.8. The summed E-state index contributed by atoms with van der Waals surface area (Å²) >= 11 is 0. The molecule has 0 amide bonds. The molecule has 0 saturated heterocycles. The molecule has 0 aliphatic rings. The zero-order valence-electron chi connectivity index (χ0n) is 21.7. The van der Waals surface area contributed by atoms with Gasteiger partial charge in [-0.15, -0.1) is 0 Å². The van der Waals surface area contributed by atoms with E-state index < -0.39 is 22.8 Å². The smallest absolute Gasteiger partial charge is 0.811 e. The molecule has 0 bridgehead atoms. The third-order valence-corrected chi connectivity index (χ3v) is 7.20. The predicted octanol–water partition coefficient (Wildman–Crippen LogP) is 2.61. The van der Waals surface area contributed by atoms with Crippen LogP contribution in [0, 0.1) is 81.7 Å². The third kappa shape index (κ3) is 62.3. The molecule has 2 radical (unpaired) electrons. The van der Waals surface area contributed by atoms with Gasteiger partial charge in [-0.1, -0.05) is 121 Å². The van der Waals surface area contributed by atoms with Crippen LogP contribution >= 0.6 is 22.8 Å². The summed E-state index contributed by atoms with van der Waals surface area (Å²) in [6.45, 7) is 6.27. The Hall–Kier alpha value is 3.15. The van der Waals surface area contributed by atoms with Gasteiger partial charge in [0.2, 0.25) is 0 Å². The standard InChI is InChI=1S/3C7H17O3P.2Nd/c3*1-2-3-4-5-6-7-11(8,9)10;;/h3*2-7H2,1H3,(H2,8,9,10);;/q;;;2*+3/p-6. The summed E-state index contributed by atoms with van der Waals surface area (Å²) in [5.74, 6) is 0. The minimum Gasteiger partial charge on any atom is -0.811 e. The fourth-order valence-corrected chi connectivity index (χ4v) is 4.56. The van der Waals surface area contributed by atoms with E-state index >= 15 is 0 Å². The van der Waals surface area contributed by atoms with E-state index in [0.29, 0.717) is 19.3 Å². The van der Waals surface area contributed by atoms with E-state index in [1.807, 2.05) is 0 Å². The molecule has 0 saturated carbocycles. The van der Waals surface area contributed by atoms with Gasteiger partial charge >= 0.3 is 81.7 Å². The van der Waals surface area contributed by atoms with Gasteiger partial charge in [0, 0.05) is 0 Å². The molecule has 0 spiro atoms. The Morgan fingerprint density at radius 2 is 0.543 bits per heavy atom. The topological polar surface area (TPSA) is 190 Å². The molecule has 0 N–H and O–H groups in total. The van der Waals surface area contributed by atoms with Crippen molar-refractivity contribution in [1.29, 1.82) is 0 Å². The van der Waals surface area contributed by atoms with E-state index in [4.69, 9.17) is 0 Å². The molecule has 9 nitrogen and oxygen atoms in total. The van der Waals surface area contributed by atoms with Crippen LogP contribution in [0.15, 0.2) is 0 Å². The van der Waals surface area contributed by atoms with Crippen LogP contribution in [0.5, 0.6) is 0 Å². The minimum atomic E-state index is -4.21. The Balaban J connectivity index is -0.000000125. The van der Waals surface area contributed by atoms with Crippen molar-refractivity contribution in [3.63, 3.8) is 0 Å². The van der Waals surface area contributed by atoms with Crippen LogP contribution < -0.4 is 29.4 Å². The number of hydrogen-bond donors (Lipinski definition) is 0. The maximum Gasteiger partial charge on any atom is 3.00 e. The fourth-order valence-electron chi connectivity index (χ4n) is 2.73. The summed E-state index contributed by atoms with van der Waals surface area (Å²) in [4.78, 5) is 60.8. The fraction of sp³-hybridized carbons (Fsp3) is 1.00. The molecule has 0 heterocycles. The molecule has 0 fully saturated rings. The summed E-state index contributed by atoms with van der Waals surface area (Å²) in [6, 6.07) is 0. The van der Waals surface area contributed by atoms with E-state index in [0.717, 1.165) is 77.0 Å². The van der Waals surface area contributed by atoms with E-state index in [-0.39, 0.29) is 100 Å². The summed E-state index contributed by atoms with van der Waals surface area (Å²) in [5, 5.41) is 0. The van der Waals surface area contributed by atoms with E-state index in [1.54, 1.807) is 0 Å². The van der Waals surface area contributed by atoms with Crippen molar-refractivity contribution in [3.8, 4) is 0 Å². The van der Waals surface area contributed by atoms with Gasteiger partial charge in [0.05, 0.1) is 0 Å². The van der Waals surface area contributed by atoms with Gasteiger partial charge in [-0.25, -0.2) is 0 Å². The Labute approximate surface area is 279 Å². The van der Waals surface area contributed by atoms with Crippen LogP contribution in [0.1, 0.15) is 117 Å². The number of hydrogen-bond acceptors (Lipinski definition) is 9. The first-order valence-corrected chi connectivity index (χ1v) is 17.4. The van der Waals surface area contributed by atoms with Crippen molar-refractivity contribution in [3.05, 3.63) is 0 Å². The summed E-state index contributed by atoms with van der Waals surface area (Å²) < 4.78 is 30.4. The second-order valence-electron chi connectivity index (χ2n) is 8.25. The molecular formula is C21H45Nd2O9P3. The molecule has 0 aromatic carbocycles. The zero-order chi connectivity index (χ0) is 26.2. The second kappa shape index (κ2) is 31.7. The van der Waals surface area contributed by atoms with Crippen LogP contribution in [-0.4, -0.2) is 18.5 Å². The molecule has 0 aromatic rings. The van der Waals surface area contributed by atoms with Gasteiger partial charge in [-0.2, -0.15) is 0 Å². The molecular weight excluding hydrogens is 778 g/mol. The van der Waals surface area contributed by atoms with Gasteiger partial charge < -0.3 is 43.1 Å². The van der Waals surface area contributed by atoms with Crippen LogP contribution in [0.2, 0.25) is 0 Å². The number of rotatable bonds is 18. The average molecular weight is 823 g/mol. The van der Waals surface area contributed by atoms with Crippen molar-refractivity contribution >= 4 is 22.8 Å². The van der Waals surface area contributed by atoms with Crippen molar-refractivity contribution in [2.24, 2.45) is 0 Å². The van der Waals surface area contributed by atoms with Crippen molar-refractivity contribution in [2.75, 3.05) is 18.5 Å². The molecule has 0 rings (SSSR count). The quantitative estimate of drug-likeness (QED) is 0.148. The first-order chi connectivity index (χ1) is 15.2. The van der Waals surface area contributed by atoms with Crippen LogP contribution in [0.4, 0.5) is 0 Å². The first-order valence-electron chi connectivity index (χ1n) is 12.2. The molecule has 0 atom stereocenters. The second-order valence-corrected chi connectivity index (χ2v) is 13.3. The van der Waals surface area contributed by atoms with Crippen LogP contribution in [0.3, 0.4) is 0 Å². The first kappa shape index (κ1) is 47.9. The monoisotopic (exact) mass is 818 g/mol. The molecule has 206 valence electrons. The van der Waals surface area contributed by atoms with Gasteiger partial charge in [-0.05, 0) is 37.7 Å². The summed E-state index contributed by atoms with van der Waals surface area (Å²) in [6.07, 6.45) is 13.6. The SMILES string of the molecule is CCCCCCCP(=O)([O-])[O-].CCCCCCCP(=O)([O-])[O-].CCCCCCCP(=O)([O-])[O-].[Nd+3].[Nd+3]. The van der Waals surface area contributed by atoms with Crippen molar-refractivity contribution in [1.82, 2.24) is 0 Å². The molecule has 0 aromatic heterocycles. The predicted molar refractivity (Wildman–Crippen MR) is 124 cm³/mol. The van der Waals surface area contributed by atoms with Crippen LogP contribution in [-0.2, 0) is 13.7 Å². The molecule has 0 aliphatic carbocycles. The molecule has 0 unspecified atom stereocenters. The Morgan fingerprint density at radius 1 is 0.371 bits per heavy atom. The summed E-state index contributed by atoms with van der Waals surface area (Å²) in [7, 11) is -12.6. The maximum absolute atomic E-state index is 10.1. The molecule has 35 heavy (non-hydrogen) atoms. The Morgan fingerprint density at radius 3 is 0.686 bits per heavy atom. The van der Waals surface area contributed by atoms with E-state index in [2.05, 4.69) is 20.8 Å². The van der Waals surface area contributed by atoms with Crippen molar-refractivity contribution in [2.45, 2.75) is 117 Å². The van der Waals surface area contributed by atoms with E-state index in [1.165, 1.54) is 0 Å². The third-order valence-electron chi connectivity index (χ3n) is 4.61. The molecule has 14 heteroatoms. The number of unbranched alkanes of at least 4 members (excludes halogenated alkanes) is 12. The van der Waals surface area contributed by atoms with Crippen LogP contribution in [0.25, 0.3) is 0 Å². The normalized spacial score (nSPS) is 11.2. The summed E-state index contributed by atoms with van der Waals surface area (Å²) in [5.41, 5.74) is 0.